The number of nitrogens with one attached hydrogen (secondary N) is 1. The standard InChI is InChI=1S/C19H26F3N5O3/c1-13(19(20,21)22)30-17(29)25-10-5-18(6-11-25)4-2-8-26(18)16(28)14-12-24-27-9-3-7-23-15(14)27/h12-13,23H,2-11H2,1H3. The van der Waals surface area contributed by atoms with Gasteiger partial charge in [0.15, 0.2) is 6.10 Å². The summed E-state index contributed by atoms with van der Waals surface area (Å²) < 4.78 is 44.3. The highest BCUT2D eigenvalue weighted by Gasteiger charge is 2.48. The van der Waals surface area contributed by atoms with Crippen molar-refractivity contribution in [1.82, 2.24) is 19.6 Å². The molecule has 4 heterocycles. The van der Waals surface area contributed by atoms with E-state index in [1.54, 1.807) is 10.9 Å². The smallest absolute Gasteiger partial charge is 0.425 e. The van der Waals surface area contributed by atoms with Gasteiger partial charge in [0.1, 0.15) is 11.4 Å². The molecule has 0 saturated carbocycles. The van der Waals surface area contributed by atoms with E-state index in [0.29, 0.717) is 24.9 Å². The van der Waals surface area contributed by atoms with Crippen molar-refractivity contribution in [3.63, 3.8) is 0 Å². The van der Waals surface area contributed by atoms with Gasteiger partial charge in [0.05, 0.1) is 6.20 Å². The van der Waals surface area contributed by atoms with E-state index in [1.165, 1.54) is 4.90 Å². The topological polar surface area (TPSA) is 79.7 Å². The van der Waals surface area contributed by atoms with E-state index >= 15 is 0 Å². The number of alkyl halides is 3. The third-order valence-corrected chi connectivity index (χ3v) is 6.44. The van der Waals surface area contributed by atoms with Crippen molar-refractivity contribution >= 4 is 17.8 Å². The van der Waals surface area contributed by atoms with Gasteiger partial charge in [-0.1, -0.05) is 0 Å². The van der Waals surface area contributed by atoms with Gasteiger partial charge in [-0.25, -0.2) is 9.48 Å². The number of piperidine rings is 1. The number of carbonyl (C=O) groups excluding carboxylic acids is 2. The summed E-state index contributed by atoms with van der Waals surface area (Å²) in [6.45, 7) is 3.54. The second-order valence-corrected chi connectivity index (χ2v) is 8.25. The minimum atomic E-state index is -4.58. The molecular formula is C19H26F3N5O3. The molecule has 2 saturated heterocycles. The number of nitrogens with zero attached hydrogens (tertiary/aromatic N) is 4. The van der Waals surface area contributed by atoms with E-state index in [4.69, 9.17) is 0 Å². The van der Waals surface area contributed by atoms with Crippen LogP contribution in [0.1, 0.15) is 49.4 Å². The third-order valence-electron chi connectivity index (χ3n) is 6.44. The highest BCUT2D eigenvalue weighted by Crippen LogP contribution is 2.40. The fourth-order valence-electron chi connectivity index (χ4n) is 4.65. The minimum absolute atomic E-state index is 0.0788. The number of carbonyl (C=O) groups is 2. The molecule has 4 rings (SSSR count). The van der Waals surface area contributed by atoms with Crippen molar-refractivity contribution in [2.45, 2.75) is 63.4 Å². The number of anilines is 1. The number of ether oxygens (including phenoxy) is 1. The number of hydrogen-bond acceptors (Lipinski definition) is 5. The van der Waals surface area contributed by atoms with Crippen LogP contribution in [-0.4, -0.2) is 75.6 Å². The molecule has 1 aromatic heterocycles. The number of halogens is 3. The molecule has 1 atom stereocenters. The van der Waals surface area contributed by atoms with Crippen LogP contribution in [0.15, 0.2) is 6.20 Å². The van der Waals surface area contributed by atoms with Crippen molar-refractivity contribution < 1.29 is 27.5 Å². The molecule has 3 aliphatic rings. The summed E-state index contributed by atoms with van der Waals surface area (Å²) in [7, 11) is 0. The first-order valence-electron chi connectivity index (χ1n) is 10.4. The van der Waals surface area contributed by atoms with Crippen molar-refractivity contribution in [1.29, 1.82) is 0 Å². The van der Waals surface area contributed by atoms with Crippen LogP contribution in [-0.2, 0) is 11.3 Å². The van der Waals surface area contributed by atoms with E-state index in [-0.39, 0.29) is 24.5 Å². The summed E-state index contributed by atoms with van der Waals surface area (Å²) in [5.41, 5.74) is 0.171. The van der Waals surface area contributed by atoms with Gasteiger partial charge in [-0.2, -0.15) is 18.3 Å². The summed E-state index contributed by atoms with van der Waals surface area (Å²) in [5.74, 6) is 0.667. The Bertz CT molecular complexity index is 817. The van der Waals surface area contributed by atoms with Gasteiger partial charge in [-0.05, 0) is 39.0 Å². The molecule has 0 aliphatic carbocycles. The van der Waals surface area contributed by atoms with Crippen molar-refractivity contribution in [2.75, 3.05) is 31.5 Å². The van der Waals surface area contributed by atoms with Crippen LogP contribution in [0.25, 0.3) is 0 Å². The van der Waals surface area contributed by atoms with Gasteiger partial charge in [-0.3, -0.25) is 4.79 Å². The lowest BCUT2D eigenvalue weighted by Gasteiger charge is -2.44. The number of hydrogen-bond donors (Lipinski definition) is 1. The number of likely N-dealkylation sites (tertiary alicyclic amines) is 2. The molecule has 1 unspecified atom stereocenters. The maximum Gasteiger partial charge on any atom is 0.425 e. The van der Waals surface area contributed by atoms with Gasteiger partial charge >= 0.3 is 12.3 Å². The Hall–Kier alpha value is -2.46. The zero-order chi connectivity index (χ0) is 21.5. The van der Waals surface area contributed by atoms with Gasteiger partial charge in [0.2, 0.25) is 0 Å². The van der Waals surface area contributed by atoms with Crippen LogP contribution in [0.3, 0.4) is 0 Å². The lowest BCUT2D eigenvalue weighted by Crippen LogP contribution is -2.55. The number of rotatable bonds is 2. The lowest BCUT2D eigenvalue weighted by atomic mass is 9.84. The molecule has 166 valence electrons. The Morgan fingerprint density at radius 2 is 1.90 bits per heavy atom. The molecule has 0 bridgehead atoms. The van der Waals surface area contributed by atoms with Crippen molar-refractivity contribution in [3.05, 3.63) is 11.8 Å². The minimum Gasteiger partial charge on any atom is -0.437 e. The average molecular weight is 429 g/mol. The molecule has 2 fully saturated rings. The first-order chi connectivity index (χ1) is 14.2. The number of fused-ring (bicyclic) bond motifs is 1. The SMILES string of the molecule is CC(OC(=O)N1CCC2(CCCN2C(=O)c2cnn3c2NCCC3)CC1)C(F)(F)F. The number of aryl methyl sites for hydroxylation is 1. The predicted octanol–water partition coefficient (Wildman–Crippen LogP) is 2.86. The molecule has 1 N–H and O–H groups in total. The van der Waals surface area contributed by atoms with Crippen LogP contribution >= 0.6 is 0 Å². The Morgan fingerprint density at radius 3 is 2.60 bits per heavy atom. The molecule has 2 amide bonds. The zero-order valence-electron chi connectivity index (χ0n) is 16.9. The monoisotopic (exact) mass is 429 g/mol. The number of aromatic nitrogens is 2. The summed E-state index contributed by atoms with van der Waals surface area (Å²) >= 11 is 0. The quantitative estimate of drug-likeness (QED) is 0.782. The normalized spacial score (nSPS) is 21.9. The molecule has 3 aliphatic heterocycles. The maximum atomic E-state index is 13.3. The molecular weight excluding hydrogens is 403 g/mol. The number of amides is 2. The fourth-order valence-corrected chi connectivity index (χ4v) is 4.65. The molecule has 11 heteroatoms. The van der Waals surface area contributed by atoms with Crippen molar-refractivity contribution in [3.8, 4) is 0 Å². The Balaban J connectivity index is 1.42. The molecule has 0 aromatic carbocycles. The molecule has 1 spiro atoms. The van der Waals surface area contributed by atoms with Crippen LogP contribution in [0, 0.1) is 0 Å². The van der Waals surface area contributed by atoms with Crippen molar-refractivity contribution in [2.24, 2.45) is 0 Å². The average Bonchev–Trinajstić information content (AvgIpc) is 3.32. The first-order valence-corrected chi connectivity index (χ1v) is 10.4. The van der Waals surface area contributed by atoms with E-state index < -0.39 is 18.4 Å². The van der Waals surface area contributed by atoms with Gasteiger partial charge < -0.3 is 19.9 Å². The highest BCUT2D eigenvalue weighted by molar-refractivity contribution is 5.99. The second kappa shape index (κ2) is 7.66. The van der Waals surface area contributed by atoms with Crippen LogP contribution < -0.4 is 5.32 Å². The van der Waals surface area contributed by atoms with Gasteiger partial charge in [0.25, 0.3) is 5.91 Å². The Morgan fingerprint density at radius 1 is 1.17 bits per heavy atom. The Kier molecular flexibility index (Phi) is 5.31. The van der Waals surface area contributed by atoms with Crippen LogP contribution in [0.5, 0.6) is 0 Å². The molecule has 8 nitrogen and oxygen atoms in total. The lowest BCUT2D eigenvalue weighted by molar-refractivity contribution is -0.200. The van der Waals surface area contributed by atoms with E-state index in [1.807, 2.05) is 4.90 Å². The molecule has 0 radical (unpaired) electrons. The van der Waals surface area contributed by atoms with Gasteiger partial charge in [0, 0.05) is 38.3 Å². The summed E-state index contributed by atoms with van der Waals surface area (Å²) in [6, 6.07) is 0. The maximum absolute atomic E-state index is 13.3. The summed E-state index contributed by atoms with van der Waals surface area (Å²) in [4.78, 5) is 28.6. The summed E-state index contributed by atoms with van der Waals surface area (Å²) in [5, 5.41) is 7.56. The fraction of sp³-hybridized carbons (Fsp3) is 0.737. The van der Waals surface area contributed by atoms with Crippen LogP contribution in [0.2, 0.25) is 0 Å². The molecule has 30 heavy (non-hydrogen) atoms. The third kappa shape index (κ3) is 3.69. The van der Waals surface area contributed by atoms with Gasteiger partial charge in [-0.15, -0.1) is 0 Å². The highest BCUT2D eigenvalue weighted by atomic mass is 19.4. The van der Waals surface area contributed by atoms with E-state index in [9.17, 15) is 22.8 Å². The molecule has 1 aromatic rings. The second-order valence-electron chi connectivity index (χ2n) is 8.25. The largest absolute Gasteiger partial charge is 0.437 e. The predicted molar refractivity (Wildman–Crippen MR) is 101 cm³/mol. The van der Waals surface area contributed by atoms with Crippen LogP contribution in [0.4, 0.5) is 23.8 Å². The van der Waals surface area contributed by atoms with E-state index in [2.05, 4.69) is 15.2 Å². The van der Waals surface area contributed by atoms with E-state index in [0.717, 1.165) is 45.1 Å². The summed E-state index contributed by atoms with van der Waals surface area (Å²) in [6.07, 6.45) is -2.42. The Labute approximate surface area is 172 Å². The zero-order valence-corrected chi connectivity index (χ0v) is 16.9. The first kappa shape index (κ1) is 20.8.